The smallest absolute Gasteiger partial charge is 0.191 e. The molecule has 0 spiro atoms. The van der Waals surface area contributed by atoms with Crippen molar-refractivity contribution in [3.63, 3.8) is 0 Å². The van der Waals surface area contributed by atoms with Crippen LogP contribution in [0.15, 0.2) is 27.7 Å². The van der Waals surface area contributed by atoms with Gasteiger partial charge in [-0.2, -0.15) is 11.8 Å². The number of benzene rings is 1. The molecule has 0 radical (unpaired) electrons. The van der Waals surface area contributed by atoms with Gasteiger partial charge in [-0.15, -0.1) is 24.0 Å². The molecule has 1 heterocycles. The molecule has 106 valence electrons. The Balaban J connectivity index is 0.00000180. The summed E-state index contributed by atoms with van der Waals surface area (Å²) in [4.78, 5) is 6.46. The molecule has 1 aromatic carbocycles. The van der Waals surface area contributed by atoms with Gasteiger partial charge >= 0.3 is 0 Å². The molecule has 19 heavy (non-hydrogen) atoms. The van der Waals surface area contributed by atoms with Crippen LogP contribution in [0.5, 0.6) is 0 Å². The van der Waals surface area contributed by atoms with E-state index in [2.05, 4.69) is 25.8 Å². The zero-order chi connectivity index (χ0) is 13.0. The van der Waals surface area contributed by atoms with E-state index in [-0.39, 0.29) is 29.8 Å². The Kier molecular flexibility index (Phi) is 7.45. The first-order valence-corrected chi connectivity index (χ1v) is 7.68. The van der Waals surface area contributed by atoms with Crippen LogP contribution in [0.2, 0.25) is 0 Å². The van der Waals surface area contributed by atoms with Crippen LogP contribution >= 0.6 is 51.7 Å². The van der Waals surface area contributed by atoms with Crippen LogP contribution in [-0.2, 0) is 6.54 Å². The van der Waals surface area contributed by atoms with Crippen LogP contribution in [0.3, 0.4) is 0 Å². The molecule has 3 nitrogen and oxygen atoms in total. The molecule has 1 aliphatic heterocycles. The van der Waals surface area contributed by atoms with Crippen molar-refractivity contribution in [3.05, 3.63) is 34.1 Å². The normalized spacial score (nSPS) is 16.1. The summed E-state index contributed by atoms with van der Waals surface area (Å²) >= 11 is 5.26. The van der Waals surface area contributed by atoms with E-state index in [1.54, 1.807) is 6.07 Å². The van der Waals surface area contributed by atoms with Crippen molar-refractivity contribution < 1.29 is 4.39 Å². The molecular formula is C12H16BrFIN3S. The third kappa shape index (κ3) is 5.11. The highest BCUT2D eigenvalue weighted by atomic mass is 127. The third-order valence-electron chi connectivity index (χ3n) is 2.76. The number of hydrogen-bond donors (Lipinski definition) is 1. The van der Waals surface area contributed by atoms with Crippen molar-refractivity contribution in [3.8, 4) is 0 Å². The van der Waals surface area contributed by atoms with Gasteiger partial charge in [0, 0.05) is 29.1 Å². The van der Waals surface area contributed by atoms with Gasteiger partial charge in [-0.05, 0) is 17.7 Å². The van der Waals surface area contributed by atoms with Gasteiger partial charge in [0.05, 0.1) is 6.54 Å². The van der Waals surface area contributed by atoms with Gasteiger partial charge in [0.2, 0.25) is 0 Å². The first kappa shape index (κ1) is 17.0. The minimum atomic E-state index is -0.254. The molecule has 0 amide bonds. The Hall–Kier alpha value is -0.0200. The number of halogens is 3. The Labute approximate surface area is 142 Å². The van der Waals surface area contributed by atoms with Crippen molar-refractivity contribution in [1.29, 1.82) is 0 Å². The minimum absolute atomic E-state index is 0. The van der Waals surface area contributed by atoms with Gasteiger partial charge in [0.15, 0.2) is 5.96 Å². The van der Waals surface area contributed by atoms with E-state index in [1.807, 2.05) is 11.8 Å². The first-order valence-electron chi connectivity index (χ1n) is 5.73. The van der Waals surface area contributed by atoms with E-state index < -0.39 is 0 Å². The molecule has 0 bridgehead atoms. The quantitative estimate of drug-likeness (QED) is 0.419. The molecule has 1 fully saturated rings. The fourth-order valence-corrected chi connectivity index (χ4v) is 3.09. The largest absolute Gasteiger partial charge is 0.370 e. The van der Waals surface area contributed by atoms with E-state index in [9.17, 15) is 4.39 Å². The molecule has 0 unspecified atom stereocenters. The zero-order valence-electron chi connectivity index (χ0n) is 10.3. The summed E-state index contributed by atoms with van der Waals surface area (Å²) < 4.78 is 13.7. The maximum atomic E-state index is 12.9. The Morgan fingerprint density at radius 2 is 2.11 bits per heavy atom. The number of nitrogens with zero attached hydrogens (tertiary/aromatic N) is 2. The summed E-state index contributed by atoms with van der Waals surface area (Å²) in [5, 5.41) is 0. The van der Waals surface area contributed by atoms with E-state index in [0.29, 0.717) is 12.5 Å². The van der Waals surface area contributed by atoms with Gasteiger partial charge in [0.1, 0.15) is 5.82 Å². The van der Waals surface area contributed by atoms with E-state index >= 15 is 0 Å². The minimum Gasteiger partial charge on any atom is -0.370 e. The highest BCUT2D eigenvalue weighted by Gasteiger charge is 2.12. The molecule has 0 aliphatic carbocycles. The van der Waals surface area contributed by atoms with Crippen LogP contribution in [0, 0.1) is 5.82 Å². The summed E-state index contributed by atoms with van der Waals surface area (Å²) in [5.41, 5.74) is 6.89. The monoisotopic (exact) mass is 459 g/mol. The lowest BCUT2D eigenvalue weighted by Crippen LogP contribution is -2.42. The summed E-state index contributed by atoms with van der Waals surface area (Å²) in [5.74, 6) is 2.51. The number of nitrogens with two attached hydrogens (primary N) is 1. The fourth-order valence-electron chi connectivity index (χ4n) is 1.71. The number of aliphatic imine (C=N–C) groups is 1. The van der Waals surface area contributed by atoms with Gasteiger partial charge in [-0.3, -0.25) is 0 Å². The Morgan fingerprint density at radius 1 is 1.42 bits per heavy atom. The van der Waals surface area contributed by atoms with Crippen molar-refractivity contribution >= 4 is 57.6 Å². The van der Waals surface area contributed by atoms with Crippen LogP contribution in [-0.4, -0.2) is 35.5 Å². The van der Waals surface area contributed by atoms with Crippen molar-refractivity contribution in [2.75, 3.05) is 24.6 Å². The second kappa shape index (κ2) is 8.31. The lowest BCUT2D eigenvalue weighted by atomic mass is 10.2. The van der Waals surface area contributed by atoms with Crippen molar-refractivity contribution in [2.45, 2.75) is 6.54 Å². The molecule has 0 atom stereocenters. The third-order valence-corrected chi connectivity index (χ3v) is 4.44. The average molecular weight is 460 g/mol. The molecule has 1 aromatic rings. The predicted molar refractivity (Wildman–Crippen MR) is 93.7 cm³/mol. The van der Waals surface area contributed by atoms with Gasteiger partial charge in [0.25, 0.3) is 0 Å². The number of guanidine groups is 1. The van der Waals surface area contributed by atoms with Crippen LogP contribution in [0.4, 0.5) is 4.39 Å². The summed E-state index contributed by atoms with van der Waals surface area (Å²) in [6.45, 7) is 2.37. The number of rotatable bonds is 2. The summed E-state index contributed by atoms with van der Waals surface area (Å²) in [6.07, 6.45) is 0. The first-order chi connectivity index (χ1) is 8.66. The van der Waals surface area contributed by atoms with Gasteiger partial charge in [-0.25, -0.2) is 9.38 Å². The highest BCUT2D eigenvalue weighted by molar-refractivity contribution is 14.0. The van der Waals surface area contributed by atoms with E-state index in [4.69, 9.17) is 5.73 Å². The highest BCUT2D eigenvalue weighted by Crippen LogP contribution is 2.19. The molecule has 1 saturated heterocycles. The van der Waals surface area contributed by atoms with Gasteiger partial charge in [-0.1, -0.05) is 22.0 Å². The zero-order valence-corrected chi connectivity index (χ0v) is 15.0. The summed E-state index contributed by atoms with van der Waals surface area (Å²) in [7, 11) is 0. The standard InChI is InChI=1S/C12H15BrFN3S.HI/c13-11-7-10(14)2-1-9(11)8-16-12(15)17-3-5-18-6-4-17;/h1-2,7H,3-6,8H2,(H2,15,16);1H. The van der Waals surface area contributed by atoms with Crippen molar-refractivity contribution in [2.24, 2.45) is 10.7 Å². The maximum absolute atomic E-state index is 12.9. The Bertz CT molecular complexity index is 453. The molecule has 2 rings (SSSR count). The lowest BCUT2D eigenvalue weighted by molar-refractivity contribution is 0.455. The van der Waals surface area contributed by atoms with Crippen LogP contribution in [0.25, 0.3) is 0 Å². The molecular weight excluding hydrogens is 444 g/mol. The molecule has 1 aliphatic rings. The molecule has 2 N–H and O–H groups in total. The second-order valence-electron chi connectivity index (χ2n) is 4.01. The number of thioether (sulfide) groups is 1. The Morgan fingerprint density at radius 3 is 2.74 bits per heavy atom. The summed E-state index contributed by atoms with van der Waals surface area (Å²) in [6, 6.07) is 4.60. The fraction of sp³-hybridized carbons (Fsp3) is 0.417. The maximum Gasteiger partial charge on any atom is 0.191 e. The number of hydrogen-bond acceptors (Lipinski definition) is 2. The molecule has 7 heteroatoms. The van der Waals surface area contributed by atoms with E-state index in [0.717, 1.165) is 34.6 Å². The van der Waals surface area contributed by atoms with E-state index in [1.165, 1.54) is 12.1 Å². The second-order valence-corrected chi connectivity index (χ2v) is 6.09. The topological polar surface area (TPSA) is 41.6 Å². The van der Waals surface area contributed by atoms with Gasteiger partial charge < -0.3 is 10.6 Å². The predicted octanol–water partition coefficient (Wildman–Crippen LogP) is 3.07. The average Bonchev–Trinajstić information content (AvgIpc) is 2.38. The SMILES string of the molecule is I.NC(=NCc1ccc(F)cc1Br)N1CCSCC1. The lowest BCUT2D eigenvalue weighted by Gasteiger charge is -2.27. The molecule has 0 aromatic heterocycles. The van der Waals surface area contributed by atoms with Crippen LogP contribution < -0.4 is 5.73 Å². The molecule has 0 saturated carbocycles. The van der Waals surface area contributed by atoms with Crippen molar-refractivity contribution in [1.82, 2.24) is 4.90 Å². The van der Waals surface area contributed by atoms with Crippen LogP contribution in [0.1, 0.15) is 5.56 Å².